The number of nitrogens with zero attached hydrogens (tertiary/aromatic N) is 1. The van der Waals surface area contributed by atoms with E-state index in [0.29, 0.717) is 11.7 Å². The molecule has 0 amide bonds. The standard InChI is InChI=1S/C16H23F3N2/c1-3-11-4-6-12(7-5-11)21(2)13-8-9-15(20)14(10-13)16(17,18)19/h8-12H,3-7,20H2,1-2H3. The zero-order valence-corrected chi connectivity index (χ0v) is 12.6. The maximum atomic E-state index is 12.9. The Kier molecular flexibility index (Phi) is 4.69. The van der Waals surface area contributed by atoms with Gasteiger partial charge in [-0.3, -0.25) is 0 Å². The zero-order chi connectivity index (χ0) is 15.6. The first kappa shape index (κ1) is 16.0. The van der Waals surface area contributed by atoms with E-state index >= 15 is 0 Å². The Bertz CT molecular complexity index is 477. The molecule has 1 aromatic rings. The minimum absolute atomic E-state index is 0.214. The smallest absolute Gasteiger partial charge is 0.398 e. The number of hydrogen-bond acceptors (Lipinski definition) is 2. The zero-order valence-electron chi connectivity index (χ0n) is 12.6. The van der Waals surface area contributed by atoms with Crippen LogP contribution in [0.15, 0.2) is 18.2 Å². The van der Waals surface area contributed by atoms with Crippen LogP contribution in [-0.2, 0) is 6.18 Å². The van der Waals surface area contributed by atoms with Gasteiger partial charge in [-0.1, -0.05) is 13.3 Å². The maximum Gasteiger partial charge on any atom is 0.418 e. The SMILES string of the molecule is CCC1CCC(N(C)c2ccc(N)c(C(F)(F)F)c2)CC1. The van der Waals surface area contributed by atoms with Crippen molar-refractivity contribution >= 4 is 11.4 Å². The summed E-state index contributed by atoms with van der Waals surface area (Å²) >= 11 is 0. The van der Waals surface area contributed by atoms with E-state index in [2.05, 4.69) is 6.92 Å². The molecule has 1 fully saturated rings. The molecular formula is C16H23F3N2. The largest absolute Gasteiger partial charge is 0.418 e. The third-order valence-electron chi connectivity index (χ3n) is 4.69. The molecule has 0 radical (unpaired) electrons. The van der Waals surface area contributed by atoms with Gasteiger partial charge in [-0.05, 0) is 49.8 Å². The lowest BCUT2D eigenvalue weighted by molar-refractivity contribution is -0.136. The lowest BCUT2D eigenvalue weighted by atomic mass is 9.84. The van der Waals surface area contributed by atoms with E-state index < -0.39 is 11.7 Å². The summed E-state index contributed by atoms with van der Waals surface area (Å²) in [6.07, 6.45) is 1.19. The normalized spacial score (nSPS) is 23.1. The quantitative estimate of drug-likeness (QED) is 0.820. The minimum Gasteiger partial charge on any atom is -0.398 e. The number of alkyl halides is 3. The van der Waals surface area contributed by atoms with Gasteiger partial charge in [0.25, 0.3) is 0 Å². The average molecular weight is 300 g/mol. The van der Waals surface area contributed by atoms with Crippen molar-refractivity contribution in [3.63, 3.8) is 0 Å². The van der Waals surface area contributed by atoms with Gasteiger partial charge in [0, 0.05) is 24.5 Å². The molecule has 0 spiro atoms. The highest BCUT2D eigenvalue weighted by Crippen LogP contribution is 2.37. The van der Waals surface area contributed by atoms with Crippen LogP contribution in [0.4, 0.5) is 24.5 Å². The number of hydrogen-bond donors (Lipinski definition) is 1. The van der Waals surface area contributed by atoms with Crippen LogP contribution >= 0.6 is 0 Å². The molecule has 1 aliphatic rings. The second kappa shape index (κ2) is 6.16. The summed E-state index contributed by atoms with van der Waals surface area (Å²) in [6, 6.07) is 4.52. The maximum absolute atomic E-state index is 12.9. The predicted molar refractivity (Wildman–Crippen MR) is 80.3 cm³/mol. The van der Waals surface area contributed by atoms with Crippen molar-refractivity contribution in [1.82, 2.24) is 0 Å². The van der Waals surface area contributed by atoms with Gasteiger partial charge in [0.05, 0.1) is 5.56 Å². The third-order valence-corrected chi connectivity index (χ3v) is 4.69. The first-order valence-electron chi connectivity index (χ1n) is 7.52. The van der Waals surface area contributed by atoms with Gasteiger partial charge in [-0.25, -0.2) is 0 Å². The topological polar surface area (TPSA) is 29.3 Å². The summed E-state index contributed by atoms with van der Waals surface area (Å²) in [5, 5.41) is 0. The van der Waals surface area contributed by atoms with Crippen molar-refractivity contribution in [1.29, 1.82) is 0 Å². The van der Waals surface area contributed by atoms with Crippen LogP contribution in [0.1, 0.15) is 44.6 Å². The molecule has 0 atom stereocenters. The summed E-state index contributed by atoms with van der Waals surface area (Å²) in [4.78, 5) is 1.97. The monoisotopic (exact) mass is 300 g/mol. The summed E-state index contributed by atoms with van der Waals surface area (Å²) in [5.41, 5.74) is 5.09. The summed E-state index contributed by atoms with van der Waals surface area (Å²) in [6.45, 7) is 2.20. The van der Waals surface area contributed by atoms with Crippen LogP contribution in [0.3, 0.4) is 0 Å². The second-order valence-electron chi connectivity index (χ2n) is 5.96. The third kappa shape index (κ3) is 3.63. The van der Waals surface area contributed by atoms with Crippen molar-refractivity contribution in [2.24, 2.45) is 5.92 Å². The summed E-state index contributed by atoms with van der Waals surface area (Å²) in [7, 11) is 1.88. The van der Waals surface area contributed by atoms with Crippen LogP contribution in [0.2, 0.25) is 0 Å². The minimum atomic E-state index is -4.40. The molecule has 0 aliphatic heterocycles. The Hall–Kier alpha value is -1.39. The van der Waals surface area contributed by atoms with Crippen molar-refractivity contribution < 1.29 is 13.2 Å². The first-order chi connectivity index (χ1) is 9.82. The first-order valence-corrected chi connectivity index (χ1v) is 7.52. The van der Waals surface area contributed by atoms with Gasteiger partial charge >= 0.3 is 6.18 Å². The summed E-state index contributed by atoms with van der Waals surface area (Å²) in [5.74, 6) is 0.770. The van der Waals surface area contributed by atoms with E-state index in [1.54, 1.807) is 6.07 Å². The highest BCUT2D eigenvalue weighted by Gasteiger charge is 2.34. The molecule has 2 rings (SSSR count). The van der Waals surface area contributed by atoms with E-state index in [1.807, 2.05) is 11.9 Å². The number of rotatable bonds is 3. The lowest BCUT2D eigenvalue weighted by Crippen LogP contribution is -2.35. The van der Waals surface area contributed by atoms with Gasteiger partial charge in [0.15, 0.2) is 0 Å². The van der Waals surface area contributed by atoms with Gasteiger partial charge in [0.2, 0.25) is 0 Å². The second-order valence-corrected chi connectivity index (χ2v) is 5.96. The molecule has 0 heterocycles. The Morgan fingerprint density at radius 3 is 2.33 bits per heavy atom. The van der Waals surface area contributed by atoms with E-state index in [1.165, 1.54) is 18.6 Å². The van der Waals surface area contributed by atoms with E-state index in [-0.39, 0.29) is 5.69 Å². The van der Waals surface area contributed by atoms with Crippen molar-refractivity contribution in [2.75, 3.05) is 17.7 Å². The molecule has 1 saturated carbocycles. The predicted octanol–water partition coefficient (Wildman–Crippen LogP) is 4.69. The van der Waals surface area contributed by atoms with Gasteiger partial charge in [0.1, 0.15) is 0 Å². The molecule has 0 unspecified atom stereocenters. The molecule has 0 aromatic heterocycles. The molecule has 2 N–H and O–H groups in total. The highest BCUT2D eigenvalue weighted by atomic mass is 19.4. The van der Waals surface area contributed by atoms with Crippen LogP contribution < -0.4 is 10.6 Å². The van der Waals surface area contributed by atoms with Gasteiger partial charge in [-0.15, -0.1) is 0 Å². The van der Waals surface area contributed by atoms with Crippen LogP contribution in [0, 0.1) is 5.92 Å². The molecule has 1 aromatic carbocycles. The molecule has 118 valence electrons. The summed E-state index contributed by atoms with van der Waals surface area (Å²) < 4.78 is 38.8. The molecule has 21 heavy (non-hydrogen) atoms. The Morgan fingerprint density at radius 2 is 1.81 bits per heavy atom. The molecule has 1 aliphatic carbocycles. The van der Waals surface area contributed by atoms with E-state index in [4.69, 9.17) is 5.73 Å². The number of anilines is 2. The average Bonchev–Trinajstić information content (AvgIpc) is 2.46. The Morgan fingerprint density at radius 1 is 1.19 bits per heavy atom. The van der Waals surface area contributed by atoms with Gasteiger partial charge in [-0.2, -0.15) is 13.2 Å². The lowest BCUT2D eigenvalue weighted by Gasteiger charge is -2.36. The molecule has 5 heteroatoms. The molecule has 0 saturated heterocycles. The van der Waals surface area contributed by atoms with Gasteiger partial charge < -0.3 is 10.6 Å². The number of halogens is 3. The fraction of sp³-hybridized carbons (Fsp3) is 0.625. The number of nitrogens with two attached hydrogens (primary N) is 1. The van der Waals surface area contributed by atoms with Crippen LogP contribution in [0.5, 0.6) is 0 Å². The number of nitrogen functional groups attached to an aromatic ring is 1. The molecule has 0 bridgehead atoms. The fourth-order valence-electron chi connectivity index (χ4n) is 3.16. The van der Waals surface area contributed by atoms with Crippen LogP contribution in [0.25, 0.3) is 0 Å². The van der Waals surface area contributed by atoms with Crippen molar-refractivity contribution in [2.45, 2.75) is 51.2 Å². The fourth-order valence-corrected chi connectivity index (χ4v) is 3.16. The highest BCUT2D eigenvalue weighted by molar-refractivity contribution is 5.59. The molecular weight excluding hydrogens is 277 g/mol. The Labute approximate surface area is 124 Å². The van der Waals surface area contributed by atoms with Crippen LogP contribution in [-0.4, -0.2) is 13.1 Å². The Balaban J connectivity index is 2.15. The molecule has 2 nitrogen and oxygen atoms in total. The van der Waals surface area contributed by atoms with E-state index in [9.17, 15) is 13.2 Å². The van der Waals surface area contributed by atoms with Crippen molar-refractivity contribution in [3.8, 4) is 0 Å². The van der Waals surface area contributed by atoms with E-state index in [0.717, 1.165) is 31.6 Å². The van der Waals surface area contributed by atoms with Crippen molar-refractivity contribution in [3.05, 3.63) is 23.8 Å². The number of benzene rings is 1.